The van der Waals surface area contributed by atoms with E-state index in [1.165, 1.54) is 27.4 Å². The number of ketones is 1. The second kappa shape index (κ2) is 3.88. The average molecular weight is 260 g/mol. The van der Waals surface area contributed by atoms with Crippen molar-refractivity contribution in [3.05, 3.63) is 23.3 Å². The molecule has 0 bridgehead atoms. The van der Waals surface area contributed by atoms with Crippen LogP contribution in [0, 0.1) is 13.8 Å². The maximum atomic E-state index is 11.7. The number of hydrogen-bond acceptors (Lipinski definition) is 4. The van der Waals surface area contributed by atoms with Gasteiger partial charge in [-0.2, -0.15) is 0 Å². The van der Waals surface area contributed by atoms with E-state index in [0.717, 1.165) is 10.2 Å². The molecule has 0 radical (unpaired) electrons. The van der Waals surface area contributed by atoms with Crippen molar-refractivity contribution in [3.63, 3.8) is 0 Å². The van der Waals surface area contributed by atoms with Gasteiger partial charge in [0.1, 0.15) is 0 Å². The van der Waals surface area contributed by atoms with Gasteiger partial charge in [0.2, 0.25) is 5.91 Å². The van der Waals surface area contributed by atoms with Gasteiger partial charge < -0.3 is 0 Å². The number of nitrogens with zero attached hydrogens (tertiary/aromatic N) is 2. The molecule has 1 aliphatic heterocycles. The van der Waals surface area contributed by atoms with Crippen LogP contribution in [0.5, 0.6) is 0 Å². The molecular weight excluding hydrogens is 248 g/mol. The second-order valence-electron chi connectivity index (χ2n) is 4.60. The lowest BCUT2D eigenvalue weighted by molar-refractivity contribution is -0.121. The summed E-state index contributed by atoms with van der Waals surface area (Å²) in [5.41, 5.74) is 3.29. The minimum Gasteiger partial charge on any atom is -0.297 e. The lowest BCUT2D eigenvalue weighted by Gasteiger charge is -2.08. The molecule has 0 unspecified atom stereocenters. The number of rotatable bonds is 1. The molecule has 92 valence electrons. The number of aromatic nitrogens is 1. The summed E-state index contributed by atoms with van der Waals surface area (Å²) >= 11 is 1.46. The standard InChI is InChI=1S/C13H12N2O2S/c1-7-3-10-11(4-8(7)2)18-13(14-10)15-6-9(16)5-12(15)17/h3-4H,5-6H2,1-2H3. The second-order valence-corrected chi connectivity index (χ2v) is 5.61. The monoisotopic (exact) mass is 260 g/mol. The number of thiazole rings is 1. The van der Waals surface area contributed by atoms with Crippen LogP contribution in [0.25, 0.3) is 10.2 Å². The Hall–Kier alpha value is -1.75. The largest absolute Gasteiger partial charge is 0.297 e. The Morgan fingerprint density at radius 1 is 1.22 bits per heavy atom. The summed E-state index contributed by atoms with van der Waals surface area (Å²) in [6, 6.07) is 4.10. The Labute approximate surface area is 108 Å². The Balaban J connectivity index is 2.08. The van der Waals surface area contributed by atoms with Crippen molar-refractivity contribution in [2.45, 2.75) is 20.3 Å². The molecule has 0 spiro atoms. The van der Waals surface area contributed by atoms with Crippen LogP contribution in [0.2, 0.25) is 0 Å². The van der Waals surface area contributed by atoms with Crippen molar-refractivity contribution in [2.75, 3.05) is 11.4 Å². The van der Waals surface area contributed by atoms with Crippen LogP contribution in [0.15, 0.2) is 12.1 Å². The van der Waals surface area contributed by atoms with Crippen LogP contribution in [0.3, 0.4) is 0 Å². The van der Waals surface area contributed by atoms with Crippen LogP contribution < -0.4 is 4.90 Å². The van der Waals surface area contributed by atoms with Crippen molar-refractivity contribution in [2.24, 2.45) is 0 Å². The van der Waals surface area contributed by atoms with Crippen molar-refractivity contribution < 1.29 is 9.59 Å². The number of carbonyl (C=O) groups is 2. The molecule has 0 aliphatic carbocycles. The summed E-state index contributed by atoms with van der Waals surface area (Å²) in [4.78, 5) is 28.9. The SMILES string of the molecule is Cc1cc2nc(N3CC(=O)CC3=O)sc2cc1C. The van der Waals surface area contributed by atoms with E-state index in [9.17, 15) is 9.59 Å². The molecule has 0 N–H and O–H groups in total. The fourth-order valence-corrected chi connectivity index (χ4v) is 3.10. The van der Waals surface area contributed by atoms with Gasteiger partial charge in [0.25, 0.3) is 0 Å². The molecule has 1 aromatic carbocycles. The summed E-state index contributed by atoms with van der Waals surface area (Å²) in [5, 5.41) is 0.630. The quantitative estimate of drug-likeness (QED) is 0.739. The molecule has 2 aromatic rings. The third-order valence-corrected chi connectivity index (χ3v) is 4.25. The van der Waals surface area contributed by atoms with Gasteiger partial charge in [0, 0.05) is 0 Å². The lowest BCUT2D eigenvalue weighted by Crippen LogP contribution is -2.24. The molecule has 1 amide bonds. The minimum absolute atomic E-state index is 0.00792. The fraction of sp³-hybridized carbons (Fsp3) is 0.308. The zero-order valence-electron chi connectivity index (χ0n) is 10.2. The van der Waals surface area contributed by atoms with E-state index in [0.29, 0.717) is 5.13 Å². The third-order valence-electron chi connectivity index (χ3n) is 3.21. The molecule has 1 aliphatic rings. The number of aryl methyl sites for hydroxylation is 2. The Morgan fingerprint density at radius 2 is 1.94 bits per heavy atom. The van der Waals surface area contributed by atoms with Crippen LogP contribution in [-0.4, -0.2) is 23.2 Å². The molecule has 3 rings (SSSR count). The first-order chi connectivity index (χ1) is 8.54. The van der Waals surface area contributed by atoms with Crippen LogP contribution in [0.1, 0.15) is 17.5 Å². The first kappa shape index (κ1) is 11.3. The van der Waals surface area contributed by atoms with Gasteiger partial charge in [-0.15, -0.1) is 0 Å². The third kappa shape index (κ3) is 1.71. The number of carbonyl (C=O) groups excluding carboxylic acids is 2. The Bertz CT molecular complexity index is 636. The average Bonchev–Trinajstić information content (AvgIpc) is 2.82. The van der Waals surface area contributed by atoms with E-state index in [4.69, 9.17) is 0 Å². The highest BCUT2D eigenvalue weighted by molar-refractivity contribution is 7.22. The molecule has 4 nitrogen and oxygen atoms in total. The highest BCUT2D eigenvalue weighted by Gasteiger charge is 2.30. The predicted molar refractivity (Wildman–Crippen MR) is 71.1 cm³/mol. The first-order valence-electron chi connectivity index (χ1n) is 5.74. The highest BCUT2D eigenvalue weighted by atomic mass is 32.1. The summed E-state index contributed by atoms with van der Waals surface area (Å²) in [7, 11) is 0. The van der Waals surface area contributed by atoms with Crippen molar-refractivity contribution in [3.8, 4) is 0 Å². The number of fused-ring (bicyclic) bond motifs is 1. The summed E-state index contributed by atoms with van der Waals surface area (Å²) in [5.74, 6) is -0.181. The van der Waals surface area contributed by atoms with Crippen molar-refractivity contribution in [1.29, 1.82) is 0 Å². The Kier molecular flexibility index (Phi) is 2.45. The summed E-state index contributed by atoms with van der Waals surface area (Å²) in [6.07, 6.45) is 0.00792. The summed E-state index contributed by atoms with van der Waals surface area (Å²) < 4.78 is 1.06. The maximum Gasteiger partial charge on any atom is 0.236 e. The van der Waals surface area contributed by atoms with Crippen molar-refractivity contribution >= 4 is 38.4 Å². The normalized spacial score (nSPS) is 16.0. The van der Waals surface area contributed by atoms with E-state index in [1.54, 1.807) is 0 Å². The topological polar surface area (TPSA) is 50.3 Å². The number of Topliss-reactive ketones (excluding diaryl/α,β-unsaturated/α-hetero) is 1. The molecule has 1 saturated heterocycles. The minimum atomic E-state index is -0.146. The van der Waals surface area contributed by atoms with Crippen molar-refractivity contribution in [1.82, 2.24) is 4.98 Å². The molecule has 5 heteroatoms. The molecule has 18 heavy (non-hydrogen) atoms. The van der Waals surface area contributed by atoms with E-state index in [2.05, 4.69) is 18.0 Å². The fourth-order valence-electron chi connectivity index (χ4n) is 2.04. The smallest absolute Gasteiger partial charge is 0.236 e. The number of hydrogen-bond donors (Lipinski definition) is 0. The summed E-state index contributed by atoms with van der Waals surface area (Å²) in [6.45, 7) is 4.26. The van der Waals surface area contributed by atoms with Crippen LogP contribution in [-0.2, 0) is 9.59 Å². The molecule has 0 saturated carbocycles. The van der Waals surface area contributed by atoms with E-state index < -0.39 is 0 Å². The van der Waals surface area contributed by atoms with Crippen LogP contribution in [0.4, 0.5) is 5.13 Å². The lowest BCUT2D eigenvalue weighted by atomic mass is 10.1. The van der Waals surface area contributed by atoms with Gasteiger partial charge in [-0.3, -0.25) is 14.5 Å². The predicted octanol–water partition coefficient (Wildman–Crippen LogP) is 2.22. The van der Waals surface area contributed by atoms with Gasteiger partial charge in [-0.05, 0) is 37.1 Å². The van der Waals surface area contributed by atoms with Gasteiger partial charge in [-0.1, -0.05) is 11.3 Å². The van der Waals surface area contributed by atoms with E-state index in [1.807, 2.05) is 13.0 Å². The van der Waals surface area contributed by atoms with Gasteiger partial charge in [0.15, 0.2) is 10.9 Å². The zero-order chi connectivity index (χ0) is 12.9. The number of benzene rings is 1. The molecule has 0 atom stereocenters. The first-order valence-corrected chi connectivity index (χ1v) is 6.56. The molecule has 1 fully saturated rings. The maximum absolute atomic E-state index is 11.7. The Morgan fingerprint density at radius 3 is 2.61 bits per heavy atom. The van der Waals surface area contributed by atoms with Crippen LogP contribution >= 0.6 is 11.3 Å². The van der Waals surface area contributed by atoms with Gasteiger partial charge >= 0.3 is 0 Å². The zero-order valence-corrected chi connectivity index (χ0v) is 11.0. The molecular formula is C13H12N2O2S. The van der Waals surface area contributed by atoms with Gasteiger partial charge in [0.05, 0.1) is 23.2 Å². The van der Waals surface area contributed by atoms with E-state index in [-0.39, 0.29) is 24.7 Å². The molecule has 2 heterocycles. The number of anilines is 1. The number of amides is 1. The molecule has 1 aromatic heterocycles. The van der Waals surface area contributed by atoms with Gasteiger partial charge in [-0.25, -0.2) is 4.98 Å². The van der Waals surface area contributed by atoms with E-state index >= 15 is 0 Å². The highest BCUT2D eigenvalue weighted by Crippen LogP contribution is 2.32.